The maximum absolute atomic E-state index is 4.53. The molecule has 1 aliphatic heterocycles. The third-order valence-corrected chi connectivity index (χ3v) is 3.79. The van der Waals surface area contributed by atoms with Crippen LogP contribution in [-0.2, 0) is 6.54 Å². The van der Waals surface area contributed by atoms with Crippen molar-refractivity contribution < 1.29 is 0 Å². The first kappa shape index (κ1) is 13.9. The van der Waals surface area contributed by atoms with Crippen molar-refractivity contribution in [1.29, 1.82) is 0 Å². The summed E-state index contributed by atoms with van der Waals surface area (Å²) in [6.07, 6.45) is 2.65. The number of halogens is 1. The van der Waals surface area contributed by atoms with Crippen molar-refractivity contribution in [2.75, 3.05) is 20.1 Å². The van der Waals surface area contributed by atoms with Gasteiger partial charge in [-0.05, 0) is 33.4 Å². The number of likely N-dealkylation sites (N-methyl/N-ethyl adjacent to an activating group) is 1. The van der Waals surface area contributed by atoms with Gasteiger partial charge in [-0.15, -0.1) is 23.7 Å². The third-order valence-electron chi connectivity index (χ3n) is 2.97. The molecule has 0 spiro atoms. The van der Waals surface area contributed by atoms with E-state index >= 15 is 0 Å². The number of aryl methyl sites for hydroxylation is 1. The topological polar surface area (TPSA) is 28.2 Å². The van der Waals surface area contributed by atoms with Crippen LogP contribution in [0, 0.1) is 6.92 Å². The number of hydrogen-bond donors (Lipinski definition) is 1. The molecule has 5 heteroatoms. The zero-order chi connectivity index (χ0) is 10.7. The molecule has 92 valence electrons. The summed E-state index contributed by atoms with van der Waals surface area (Å²) < 4.78 is 0. The molecule has 2 heterocycles. The quantitative estimate of drug-likeness (QED) is 0.899. The Morgan fingerprint density at radius 1 is 1.62 bits per heavy atom. The van der Waals surface area contributed by atoms with E-state index < -0.39 is 0 Å². The van der Waals surface area contributed by atoms with E-state index in [0.29, 0.717) is 6.04 Å². The highest BCUT2D eigenvalue weighted by Gasteiger charge is 2.24. The second kappa shape index (κ2) is 6.55. The number of nitrogens with one attached hydrogen (secondary N) is 1. The molecule has 1 unspecified atom stereocenters. The average molecular weight is 262 g/mol. The Balaban J connectivity index is 0.00000128. The summed E-state index contributed by atoms with van der Waals surface area (Å²) in [5, 5.41) is 6.63. The van der Waals surface area contributed by atoms with Gasteiger partial charge in [-0.2, -0.15) is 0 Å². The standard InChI is InChI=1S/C11H19N3S.ClH/c1-9-13-10(8-15-9)7-14-5-3-4-11(14)6-12-2;/h8,11-12H,3-7H2,1-2H3;1H. The predicted octanol–water partition coefficient (Wildman–Crippen LogP) is 2.06. The SMILES string of the molecule is CNCC1CCCN1Cc1csc(C)n1.Cl. The highest BCUT2D eigenvalue weighted by Crippen LogP contribution is 2.20. The molecule has 0 saturated carbocycles. The first-order valence-corrected chi connectivity index (χ1v) is 6.47. The molecule has 1 aromatic rings. The smallest absolute Gasteiger partial charge is 0.0897 e. The molecule has 0 bridgehead atoms. The summed E-state index contributed by atoms with van der Waals surface area (Å²) in [5.74, 6) is 0. The van der Waals surface area contributed by atoms with Crippen molar-refractivity contribution in [3.05, 3.63) is 16.1 Å². The Hall–Kier alpha value is -0.160. The van der Waals surface area contributed by atoms with E-state index in [4.69, 9.17) is 0 Å². The van der Waals surface area contributed by atoms with Gasteiger partial charge in [-0.3, -0.25) is 4.90 Å². The van der Waals surface area contributed by atoms with Crippen molar-refractivity contribution in [2.24, 2.45) is 0 Å². The normalized spacial score (nSPS) is 21.0. The van der Waals surface area contributed by atoms with Gasteiger partial charge in [0.2, 0.25) is 0 Å². The molecule has 0 amide bonds. The van der Waals surface area contributed by atoms with E-state index in [1.165, 1.54) is 30.1 Å². The summed E-state index contributed by atoms with van der Waals surface area (Å²) in [7, 11) is 2.03. The van der Waals surface area contributed by atoms with Gasteiger partial charge in [0.1, 0.15) is 0 Å². The zero-order valence-corrected chi connectivity index (χ0v) is 11.5. The number of nitrogens with zero attached hydrogens (tertiary/aromatic N) is 2. The molecule has 3 nitrogen and oxygen atoms in total. The van der Waals surface area contributed by atoms with E-state index in [1.807, 2.05) is 7.05 Å². The summed E-state index contributed by atoms with van der Waals surface area (Å²) >= 11 is 1.75. The van der Waals surface area contributed by atoms with Crippen LogP contribution in [0.3, 0.4) is 0 Å². The van der Waals surface area contributed by atoms with Crippen molar-refractivity contribution in [1.82, 2.24) is 15.2 Å². The van der Waals surface area contributed by atoms with Gasteiger partial charge in [-0.25, -0.2) is 4.98 Å². The summed E-state index contributed by atoms with van der Waals surface area (Å²) in [6, 6.07) is 0.706. The van der Waals surface area contributed by atoms with E-state index in [2.05, 4.69) is 27.5 Å². The molecule has 1 aromatic heterocycles. The van der Waals surface area contributed by atoms with Crippen LogP contribution in [0.5, 0.6) is 0 Å². The van der Waals surface area contributed by atoms with Crippen LogP contribution >= 0.6 is 23.7 Å². The van der Waals surface area contributed by atoms with Crippen LogP contribution in [0.1, 0.15) is 23.5 Å². The largest absolute Gasteiger partial charge is 0.318 e. The number of thiazole rings is 1. The second-order valence-corrected chi connectivity index (χ2v) is 5.24. The molecule has 1 saturated heterocycles. The Morgan fingerprint density at radius 2 is 2.44 bits per heavy atom. The Morgan fingerprint density at radius 3 is 3.06 bits per heavy atom. The summed E-state index contributed by atoms with van der Waals surface area (Å²) in [6.45, 7) is 5.42. The summed E-state index contributed by atoms with van der Waals surface area (Å²) in [4.78, 5) is 7.07. The minimum absolute atomic E-state index is 0. The fourth-order valence-electron chi connectivity index (χ4n) is 2.26. The van der Waals surface area contributed by atoms with Crippen LogP contribution in [0.25, 0.3) is 0 Å². The lowest BCUT2D eigenvalue weighted by atomic mass is 10.2. The van der Waals surface area contributed by atoms with Crippen LogP contribution in [0.4, 0.5) is 0 Å². The first-order valence-electron chi connectivity index (χ1n) is 5.59. The van der Waals surface area contributed by atoms with Crippen LogP contribution in [0.15, 0.2) is 5.38 Å². The molecular formula is C11H20ClN3S. The number of aromatic nitrogens is 1. The van der Waals surface area contributed by atoms with Crippen LogP contribution in [-0.4, -0.2) is 36.1 Å². The van der Waals surface area contributed by atoms with Gasteiger partial charge in [0, 0.05) is 24.5 Å². The number of hydrogen-bond acceptors (Lipinski definition) is 4. The van der Waals surface area contributed by atoms with Gasteiger partial charge in [0.05, 0.1) is 10.7 Å². The van der Waals surface area contributed by atoms with E-state index in [1.54, 1.807) is 11.3 Å². The maximum atomic E-state index is 4.53. The van der Waals surface area contributed by atoms with Crippen LogP contribution in [0.2, 0.25) is 0 Å². The minimum Gasteiger partial charge on any atom is -0.318 e. The van der Waals surface area contributed by atoms with E-state index in [-0.39, 0.29) is 12.4 Å². The van der Waals surface area contributed by atoms with Gasteiger partial charge in [-0.1, -0.05) is 0 Å². The van der Waals surface area contributed by atoms with E-state index in [0.717, 1.165) is 13.1 Å². The van der Waals surface area contributed by atoms with Crippen molar-refractivity contribution in [2.45, 2.75) is 32.4 Å². The second-order valence-electron chi connectivity index (χ2n) is 4.18. The van der Waals surface area contributed by atoms with Gasteiger partial charge >= 0.3 is 0 Å². The predicted molar refractivity (Wildman–Crippen MR) is 71.5 cm³/mol. The van der Waals surface area contributed by atoms with Crippen molar-refractivity contribution in [3.63, 3.8) is 0 Å². The monoisotopic (exact) mass is 261 g/mol. The van der Waals surface area contributed by atoms with Gasteiger partial charge in [0.15, 0.2) is 0 Å². The number of rotatable bonds is 4. The van der Waals surface area contributed by atoms with Gasteiger partial charge in [0.25, 0.3) is 0 Å². The molecule has 0 aliphatic carbocycles. The lowest BCUT2D eigenvalue weighted by Crippen LogP contribution is -2.36. The molecule has 16 heavy (non-hydrogen) atoms. The Labute approximate surface area is 108 Å². The maximum Gasteiger partial charge on any atom is 0.0897 e. The third kappa shape index (κ3) is 3.42. The zero-order valence-electron chi connectivity index (χ0n) is 9.90. The number of likely N-dealkylation sites (tertiary alicyclic amines) is 1. The molecule has 1 N–H and O–H groups in total. The van der Waals surface area contributed by atoms with Crippen LogP contribution < -0.4 is 5.32 Å². The average Bonchev–Trinajstić information content (AvgIpc) is 2.78. The molecule has 1 atom stereocenters. The fraction of sp³-hybridized carbons (Fsp3) is 0.727. The molecule has 0 aromatic carbocycles. The Kier molecular flexibility index (Phi) is 5.69. The molecule has 1 aliphatic rings. The minimum atomic E-state index is 0. The highest BCUT2D eigenvalue weighted by atomic mass is 35.5. The molecule has 1 fully saturated rings. The Bertz CT molecular complexity index is 316. The van der Waals surface area contributed by atoms with Crippen molar-refractivity contribution in [3.8, 4) is 0 Å². The lowest BCUT2D eigenvalue weighted by molar-refractivity contribution is 0.240. The molecular weight excluding hydrogens is 242 g/mol. The van der Waals surface area contributed by atoms with Gasteiger partial charge < -0.3 is 5.32 Å². The highest BCUT2D eigenvalue weighted by molar-refractivity contribution is 7.09. The lowest BCUT2D eigenvalue weighted by Gasteiger charge is -2.23. The van der Waals surface area contributed by atoms with Crippen molar-refractivity contribution >= 4 is 23.7 Å². The fourth-order valence-corrected chi connectivity index (χ4v) is 2.86. The first-order chi connectivity index (χ1) is 7.29. The molecule has 0 radical (unpaired) electrons. The van der Waals surface area contributed by atoms with E-state index in [9.17, 15) is 0 Å². The summed E-state index contributed by atoms with van der Waals surface area (Å²) in [5.41, 5.74) is 1.24. The molecule has 2 rings (SSSR count).